The van der Waals surface area contributed by atoms with Crippen molar-refractivity contribution in [3.8, 4) is 11.3 Å². The molecule has 0 saturated carbocycles. The van der Waals surface area contributed by atoms with Crippen molar-refractivity contribution in [2.24, 2.45) is 5.73 Å². The summed E-state index contributed by atoms with van der Waals surface area (Å²) in [5.41, 5.74) is 11.7. The number of hydrogen-bond acceptors (Lipinski definition) is 8. The lowest BCUT2D eigenvalue weighted by Crippen LogP contribution is -2.47. The molecule has 4 N–H and O–H groups in total. The normalized spacial score (nSPS) is 14.2. The molecule has 39 heavy (non-hydrogen) atoms. The highest BCUT2D eigenvalue weighted by molar-refractivity contribution is 6.04. The van der Waals surface area contributed by atoms with Gasteiger partial charge in [0.2, 0.25) is 5.95 Å². The molecular formula is C30H34N8O. The highest BCUT2D eigenvalue weighted by Crippen LogP contribution is 2.24. The van der Waals surface area contributed by atoms with Gasteiger partial charge >= 0.3 is 0 Å². The van der Waals surface area contributed by atoms with Gasteiger partial charge in [0.1, 0.15) is 0 Å². The number of nitrogens with zero attached hydrogens (tertiary/aromatic N) is 5. The lowest BCUT2D eigenvalue weighted by molar-refractivity contribution is 0.102. The number of carbonyl (C=O) groups is 1. The van der Waals surface area contributed by atoms with Crippen molar-refractivity contribution in [3.05, 3.63) is 95.9 Å². The third-order valence-electron chi connectivity index (χ3n) is 6.89. The van der Waals surface area contributed by atoms with Crippen LogP contribution in [0, 0.1) is 6.92 Å². The van der Waals surface area contributed by atoms with Crippen molar-refractivity contribution in [3.63, 3.8) is 0 Å². The Labute approximate surface area is 229 Å². The van der Waals surface area contributed by atoms with Gasteiger partial charge in [-0.1, -0.05) is 18.2 Å². The van der Waals surface area contributed by atoms with Gasteiger partial charge in [-0.3, -0.25) is 19.6 Å². The number of piperazine rings is 1. The minimum absolute atomic E-state index is 0.151. The van der Waals surface area contributed by atoms with E-state index in [1.54, 1.807) is 18.6 Å². The Morgan fingerprint density at radius 1 is 0.974 bits per heavy atom. The van der Waals surface area contributed by atoms with Crippen molar-refractivity contribution in [1.29, 1.82) is 0 Å². The van der Waals surface area contributed by atoms with Gasteiger partial charge < -0.3 is 16.4 Å². The molecule has 9 nitrogen and oxygen atoms in total. The number of amides is 1. The average Bonchev–Trinajstić information content (AvgIpc) is 2.97. The molecule has 9 heteroatoms. The quantitative estimate of drug-likeness (QED) is 0.303. The van der Waals surface area contributed by atoms with Crippen LogP contribution in [0.2, 0.25) is 0 Å². The molecule has 5 rings (SSSR count). The monoisotopic (exact) mass is 522 g/mol. The largest absolute Gasteiger partial charge is 0.329 e. The lowest BCUT2D eigenvalue weighted by atomic mass is 10.1. The van der Waals surface area contributed by atoms with Gasteiger partial charge in [-0.2, -0.15) is 0 Å². The molecular weight excluding hydrogens is 488 g/mol. The Morgan fingerprint density at radius 3 is 2.51 bits per heavy atom. The van der Waals surface area contributed by atoms with Gasteiger partial charge in [0, 0.05) is 86.9 Å². The SMILES string of the molecule is Cc1ccc(NC(=O)c2ccc(CN3CCN(CCN)CC3)cc2)cc1Nc1nccc(-c2cccnc2)n1. The van der Waals surface area contributed by atoms with Gasteiger partial charge in [0.15, 0.2) is 0 Å². The van der Waals surface area contributed by atoms with Crippen molar-refractivity contribution in [1.82, 2.24) is 24.8 Å². The molecule has 0 aliphatic carbocycles. The number of pyridine rings is 1. The summed E-state index contributed by atoms with van der Waals surface area (Å²) in [5, 5.41) is 6.30. The fraction of sp³-hybridized carbons (Fsp3) is 0.267. The number of hydrogen-bond donors (Lipinski definition) is 3. The maximum Gasteiger partial charge on any atom is 0.255 e. The number of anilines is 3. The summed E-state index contributed by atoms with van der Waals surface area (Å²) in [6, 6.07) is 19.3. The molecule has 200 valence electrons. The van der Waals surface area contributed by atoms with Crippen LogP contribution in [0.1, 0.15) is 21.5 Å². The maximum atomic E-state index is 13.0. The van der Waals surface area contributed by atoms with E-state index >= 15 is 0 Å². The first kappa shape index (κ1) is 26.4. The molecule has 3 heterocycles. The van der Waals surface area contributed by atoms with Crippen molar-refractivity contribution in [2.75, 3.05) is 49.9 Å². The van der Waals surface area contributed by atoms with E-state index in [-0.39, 0.29) is 5.91 Å². The average molecular weight is 523 g/mol. The molecule has 0 unspecified atom stereocenters. The molecule has 0 atom stereocenters. The van der Waals surface area contributed by atoms with Crippen molar-refractivity contribution in [2.45, 2.75) is 13.5 Å². The van der Waals surface area contributed by atoms with Crippen LogP contribution < -0.4 is 16.4 Å². The summed E-state index contributed by atoms with van der Waals surface area (Å²) in [6.07, 6.45) is 5.21. The van der Waals surface area contributed by atoms with Crippen LogP contribution in [0.3, 0.4) is 0 Å². The minimum atomic E-state index is -0.151. The fourth-order valence-corrected chi connectivity index (χ4v) is 4.63. The number of rotatable bonds is 9. The van der Waals surface area contributed by atoms with Crippen LogP contribution in [0.25, 0.3) is 11.3 Å². The summed E-state index contributed by atoms with van der Waals surface area (Å²) in [7, 11) is 0. The molecule has 2 aromatic carbocycles. The predicted molar refractivity (Wildman–Crippen MR) is 155 cm³/mol. The van der Waals surface area contributed by atoms with Gasteiger partial charge in [0.25, 0.3) is 5.91 Å². The van der Waals surface area contributed by atoms with Crippen molar-refractivity contribution >= 4 is 23.2 Å². The molecule has 1 aliphatic heterocycles. The smallest absolute Gasteiger partial charge is 0.255 e. The highest BCUT2D eigenvalue weighted by Gasteiger charge is 2.16. The Kier molecular flexibility index (Phi) is 8.52. The van der Waals surface area contributed by atoms with Crippen LogP contribution in [-0.4, -0.2) is 69.9 Å². The number of benzene rings is 2. The zero-order valence-corrected chi connectivity index (χ0v) is 22.2. The zero-order valence-electron chi connectivity index (χ0n) is 22.2. The molecule has 2 aromatic heterocycles. The molecule has 1 amide bonds. The third-order valence-corrected chi connectivity index (χ3v) is 6.89. The highest BCUT2D eigenvalue weighted by atomic mass is 16.1. The molecule has 1 aliphatic rings. The number of aryl methyl sites for hydroxylation is 1. The van der Waals surface area contributed by atoms with E-state index in [9.17, 15) is 4.79 Å². The van der Waals surface area contributed by atoms with Crippen LogP contribution in [-0.2, 0) is 6.54 Å². The van der Waals surface area contributed by atoms with Gasteiger partial charge in [0.05, 0.1) is 5.69 Å². The van der Waals surface area contributed by atoms with Gasteiger partial charge in [-0.05, 0) is 60.5 Å². The molecule has 0 bridgehead atoms. The Balaban J connectivity index is 1.20. The van der Waals surface area contributed by atoms with Crippen LogP contribution >= 0.6 is 0 Å². The number of carbonyl (C=O) groups excluding carboxylic acids is 1. The fourth-order valence-electron chi connectivity index (χ4n) is 4.63. The standard InChI is InChI=1S/C30H34N8O/c1-22-4-9-26(19-28(22)36-30-33-13-10-27(35-30)25-3-2-12-32-20-25)34-29(39)24-7-5-23(6-8-24)21-38-17-15-37(14-11-31)16-18-38/h2-10,12-13,19-20H,11,14-18,21,31H2,1H3,(H,34,39)(H,33,35,36). The zero-order chi connectivity index (χ0) is 27.0. The Hall–Kier alpha value is -4.18. The molecule has 0 radical (unpaired) electrons. The summed E-state index contributed by atoms with van der Waals surface area (Å²) >= 11 is 0. The first-order valence-corrected chi connectivity index (χ1v) is 13.2. The van der Waals surface area contributed by atoms with Gasteiger partial charge in [-0.25, -0.2) is 9.97 Å². The van der Waals surface area contributed by atoms with E-state index in [2.05, 4.69) is 35.4 Å². The summed E-state index contributed by atoms with van der Waals surface area (Å²) in [5.74, 6) is 0.320. The van der Waals surface area contributed by atoms with E-state index in [1.807, 2.05) is 67.6 Å². The Morgan fingerprint density at radius 2 is 1.77 bits per heavy atom. The summed E-state index contributed by atoms with van der Waals surface area (Å²) < 4.78 is 0. The Bertz CT molecular complexity index is 1390. The molecule has 1 fully saturated rings. The van der Waals surface area contributed by atoms with E-state index in [1.165, 1.54) is 5.56 Å². The molecule has 0 spiro atoms. The van der Waals surface area contributed by atoms with Crippen molar-refractivity contribution < 1.29 is 4.79 Å². The summed E-state index contributed by atoms with van der Waals surface area (Å²) in [6.45, 7) is 8.71. The van der Waals surface area contributed by atoms with E-state index < -0.39 is 0 Å². The topological polar surface area (TPSA) is 112 Å². The first-order valence-electron chi connectivity index (χ1n) is 13.2. The van der Waals surface area contributed by atoms with Gasteiger partial charge in [-0.15, -0.1) is 0 Å². The second kappa shape index (κ2) is 12.6. The van der Waals surface area contributed by atoms with E-state index in [4.69, 9.17) is 5.73 Å². The van der Waals surface area contributed by atoms with Crippen LogP contribution in [0.4, 0.5) is 17.3 Å². The minimum Gasteiger partial charge on any atom is -0.329 e. The summed E-state index contributed by atoms with van der Waals surface area (Å²) in [4.78, 5) is 31.0. The molecule has 4 aromatic rings. The van der Waals surface area contributed by atoms with Crippen LogP contribution in [0.5, 0.6) is 0 Å². The molecule has 1 saturated heterocycles. The lowest BCUT2D eigenvalue weighted by Gasteiger charge is -2.34. The van der Waals surface area contributed by atoms with E-state index in [0.29, 0.717) is 23.7 Å². The number of nitrogens with two attached hydrogens (primary N) is 1. The predicted octanol–water partition coefficient (Wildman–Crippen LogP) is 3.92. The third kappa shape index (κ3) is 7.02. The first-order chi connectivity index (χ1) is 19.1. The van der Waals surface area contributed by atoms with Crippen LogP contribution in [0.15, 0.2) is 79.3 Å². The number of aromatic nitrogens is 3. The maximum absolute atomic E-state index is 13.0. The number of nitrogens with one attached hydrogen (secondary N) is 2. The second-order valence-corrected chi connectivity index (χ2v) is 9.72. The van der Waals surface area contributed by atoms with E-state index in [0.717, 1.165) is 61.8 Å². The second-order valence-electron chi connectivity index (χ2n) is 9.72.